The van der Waals surface area contributed by atoms with Gasteiger partial charge in [0.2, 0.25) is 5.91 Å². The highest BCUT2D eigenvalue weighted by molar-refractivity contribution is 7.98. The van der Waals surface area contributed by atoms with Gasteiger partial charge in [-0.3, -0.25) is 4.79 Å². The van der Waals surface area contributed by atoms with E-state index in [0.29, 0.717) is 30.1 Å². The van der Waals surface area contributed by atoms with Gasteiger partial charge in [-0.25, -0.2) is 4.79 Å². The summed E-state index contributed by atoms with van der Waals surface area (Å²) in [5.41, 5.74) is 3.18. The summed E-state index contributed by atoms with van der Waals surface area (Å²) in [7, 11) is 0. The molecule has 1 aromatic carbocycles. The number of ether oxygens (including phenoxy) is 1. The fourth-order valence-corrected chi connectivity index (χ4v) is 3.22. The third-order valence-corrected chi connectivity index (χ3v) is 4.81. The number of carboxylic acids is 1. The third-order valence-electron chi connectivity index (χ3n) is 4.17. The number of aryl methyl sites for hydroxylation is 1. The smallest absolute Gasteiger partial charge is 0.326 e. The highest BCUT2D eigenvalue weighted by atomic mass is 32.2. The minimum Gasteiger partial charge on any atom is -0.493 e. The minimum atomic E-state index is -1.03. The lowest BCUT2D eigenvalue weighted by atomic mass is 10.0. The molecule has 0 fully saturated rings. The molecule has 1 aromatic heterocycles. The van der Waals surface area contributed by atoms with Crippen molar-refractivity contribution in [3.05, 3.63) is 35.6 Å². The van der Waals surface area contributed by atoms with E-state index in [0.717, 1.165) is 22.1 Å². The Hall–Kier alpha value is -2.41. The molecule has 27 heavy (non-hydrogen) atoms. The lowest BCUT2D eigenvalue weighted by Gasteiger charge is -2.14. The number of allylic oxidation sites excluding steroid dienone is 1. The van der Waals surface area contributed by atoms with Crippen LogP contribution in [0, 0.1) is 6.92 Å². The Labute approximate surface area is 163 Å². The summed E-state index contributed by atoms with van der Waals surface area (Å²) in [6.45, 7) is 6.12. The van der Waals surface area contributed by atoms with Crippen LogP contribution >= 0.6 is 11.8 Å². The molecular weight excluding hydrogens is 366 g/mol. The number of carbonyl (C=O) groups excluding carboxylic acids is 1. The number of fused-ring (bicyclic) bond motifs is 1. The topological polar surface area (TPSA) is 88.8 Å². The summed E-state index contributed by atoms with van der Waals surface area (Å²) in [5, 5.41) is 12.8. The molecule has 2 aromatic rings. The number of nitrogens with one attached hydrogen (secondary N) is 1. The number of rotatable bonds is 9. The zero-order chi connectivity index (χ0) is 20.0. The molecule has 0 bridgehead atoms. The van der Waals surface area contributed by atoms with Gasteiger partial charge in [0.15, 0.2) is 0 Å². The fraction of sp³-hybridized carbons (Fsp3) is 0.400. The van der Waals surface area contributed by atoms with Crippen molar-refractivity contribution < 1.29 is 23.8 Å². The molecule has 6 nitrogen and oxygen atoms in total. The minimum absolute atomic E-state index is 0.375. The molecule has 1 unspecified atom stereocenters. The van der Waals surface area contributed by atoms with Crippen LogP contribution in [0.25, 0.3) is 16.5 Å². The molecule has 146 valence electrons. The SMILES string of the molecule is CCOc1cc2occ(C)c2cc1/C(C)=C/C(=O)NC(CCSC)C(=O)O. The van der Waals surface area contributed by atoms with E-state index in [9.17, 15) is 14.7 Å². The number of amides is 1. The van der Waals surface area contributed by atoms with E-state index in [1.807, 2.05) is 32.2 Å². The van der Waals surface area contributed by atoms with Crippen molar-refractivity contribution in [2.45, 2.75) is 33.2 Å². The van der Waals surface area contributed by atoms with Gasteiger partial charge >= 0.3 is 5.97 Å². The van der Waals surface area contributed by atoms with Crippen molar-refractivity contribution >= 4 is 40.2 Å². The first kappa shape index (κ1) is 20.9. The first-order chi connectivity index (χ1) is 12.9. The van der Waals surface area contributed by atoms with E-state index in [2.05, 4.69) is 5.32 Å². The molecule has 7 heteroatoms. The molecular formula is C20H25NO5S. The highest BCUT2D eigenvalue weighted by Crippen LogP contribution is 2.33. The highest BCUT2D eigenvalue weighted by Gasteiger charge is 2.19. The van der Waals surface area contributed by atoms with Gasteiger partial charge in [-0.15, -0.1) is 0 Å². The molecule has 1 atom stereocenters. The Morgan fingerprint density at radius 2 is 2.15 bits per heavy atom. The quantitative estimate of drug-likeness (QED) is 0.631. The van der Waals surface area contributed by atoms with E-state index >= 15 is 0 Å². The van der Waals surface area contributed by atoms with Crippen LogP contribution in [-0.2, 0) is 9.59 Å². The van der Waals surface area contributed by atoms with Crippen LogP contribution in [0.3, 0.4) is 0 Å². The van der Waals surface area contributed by atoms with Gasteiger partial charge in [0.1, 0.15) is 17.4 Å². The zero-order valence-electron chi connectivity index (χ0n) is 16.0. The van der Waals surface area contributed by atoms with Gasteiger partial charge in [0, 0.05) is 23.1 Å². The summed E-state index contributed by atoms with van der Waals surface area (Å²) in [5.74, 6) is -0.190. The Morgan fingerprint density at radius 1 is 1.41 bits per heavy atom. The van der Waals surface area contributed by atoms with E-state index in [1.54, 1.807) is 24.9 Å². The van der Waals surface area contributed by atoms with Crippen molar-refractivity contribution in [1.29, 1.82) is 0 Å². The third kappa shape index (κ3) is 5.29. The van der Waals surface area contributed by atoms with Gasteiger partial charge in [0.25, 0.3) is 0 Å². The Morgan fingerprint density at radius 3 is 2.78 bits per heavy atom. The van der Waals surface area contributed by atoms with Crippen molar-refractivity contribution in [2.75, 3.05) is 18.6 Å². The second kappa shape index (κ2) is 9.50. The largest absolute Gasteiger partial charge is 0.493 e. The van der Waals surface area contributed by atoms with Crippen LogP contribution in [0.5, 0.6) is 5.75 Å². The summed E-state index contributed by atoms with van der Waals surface area (Å²) >= 11 is 1.54. The molecule has 2 N–H and O–H groups in total. The number of thioether (sulfide) groups is 1. The molecule has 1 heterocycles. The average molecular weight is 391 g/mol. The second-order valence-electron chi connectivity index (χ2n) is 6.20. The molecule has 0 saturated carbocycles. The molecule has 0 saturated heterocycles. The first-order valence-corrected chi connectivity index (χ1v) is 10.1. The van der Waals surface area contributed by atoms with E-state index < -0.39 is 17.9 Å². The molecule has 0 aliphatic carbocycles. The lowest BCUT2D eigenvalue weighted by Crippen LogP contribution is -2.40. The number of carboxylic acid groups (broad SMARTS) is 1. The van der Waals surface area contributed by atoms with Crippen LogP contribution in [-0.4, -0.2) is 41.6 Å². The molecule has 0 spiro atoms. The van der Waals surface area contributed by atoms with Gasteiger partial charge in [0.05, 0.1) is 12.9 Å². The van der Waals surface area contributed by atoms with Gasteiger partial charge in [-0.1, -0.05) is 0 Å². The van der Waals surface area contributed by atoms with Crippen LogP contribution in [0.4, 0.5) is 0 Å². The number of aliphatic carboxylic acids is 1. The monoisotopic (exact) mass is 391 g/mol. The first-order valence-electron chi connectivity index (χ1n) is 8.72. The normalized spacial score (nSPS) is 12.8. The van der Waals surface area contributed by atoms with E-state index in [-0.39, 0.29) is 0 Å². The standard InChI is InChI=1S/C20H25NO5S/c1-5-25-17-10-18-15(13(3)11-26-18)9-14(17)12(2)8-19(22)21-16(20(23)24)6-7-27-4/h8-11,16H,5-7H2,1-4H3,(H,21,22)(H,23,24)/b12-8+. The summed E-state index contributed by atoms with van der Waals surface area (Å²) in [6.07, 6.45) is 5.36. The molecule has 2 rings (SSSR count). The zero-order valence-corrected chi connectivity index (χ0v) is 16.8. The van der Waals surface area contributed by atoms with E-state index in [1.165, 1.54) is 6.08 Å². The van der Waals surface area contributed by atoms with Gasteiger partial charge in [-0.05, 0) is 56.4 Å². The molecule has 1 amide bonds. The predicted molar refractivity (Wildman–Crippen MR) is 108 cm³/mol. The van der Waals surface area contributed by atoms with Crippen LogP contribution < -0.4 is 10.1 Å². The van der Waals surface area contributed by atoms with Crippen molar-refractivity contribution in [3.8, 4) is 5.75 Å². The fourth-order valence-electron chi connectivity index (χ4n) is 2.75. The number of benzene rings is 1. The van der Waals surface area contributed by atoms with Crippen molar-refractivity contribution in [1.82, 2.24) is 5.32 Å². The van der Waals surface area contributed by atoms with Crippen LogP contribution in [0.1, 0.15) is 31.4 Å². The Bertz CT molecular complexity index is 855. The summed E-state index contributed by atoms with van der Waals surface area (Å²) in [6, 6.07) is 2.84. The number of carbonyl (C=O) groups is 2. The average Bonchev–Trinajstić information content (AvgIpc) is 2.98. The maximum absolute atomic E-state index is 12.3. The van der Waals surface area contributed by atoms with Crippen molar-refractivity contribution in [3.63, 3.8) is 0 Å². The van der Waals surface area contributed by atoms with Crippen LogP contribution in [0.2, 0.25) is 0 Å². The maximum atomic E-state index is 12.3. The molecule has 0 aliphatic rings. The number of hydrogen-bond acceptors (Lipinski definition) is 5. The number of furan rings is 1. The van der Waals surface area contributed by atoms with Crippen molar-refractivity contribution in [2.24, 2.45) is 0 Å². The lowest BCUT2D eigenvalue weighted by molar-refractivity contribution is -0.141. The second-order valence-corrected chi connectivity index (χ2v) is 7.19. The molecule has 0 radical (unpaired) electrons. The Balaban J connectivity index is 2.29. The predicted octanol–water partition coefficient (Wildman–Crippen LogP) is 3.87. The number of hydrogen-bond donors (Lipinski definition) is 2. The maximum Gasteiger partial charge on any atom is 0.326 e. The van der Waals surface area contributed by atoms with Crippen LogP contribution in [0.15, 0.2) is 28.9 Å². The van der Waals surface area contributed by atoms with Gasteiger partial charge in [-0.2, -0.15) is 11.8 Å². The van der Waals surface area contributed by atoms with E-state index in [4.69, 9.17) is 9.15 Å². The Kier molecular flexibility index (Phi) is 7.36. The summed E-state index contributed by atoms with van der Waals surface area (Å²) < 4.78 is 11.2. The molecule has 0 aliphatic heterocycles. The van der Waals surface area contributed by atoms with Gasteiger partial charge < -0.3 is 19.6 Å². The summed E-state index contributed by atoms with van der Waals surface area (Å²) in [4.78, 5) is 23.7.